The molecular weight excluding hydrogens is 418 g/mol. The zero-order valence-electron chi connectivity index (χ0n) is 20.2. The molecule has 0 spiro atoms. The third-order valence-electron chi connectivity index (χ3n) is 8.11. The molecule has 0 bridgehead atoms. The topological polar surface area (TPSA) is 55.8 Å². The van der Waals surface area contributed by atoms with Gasteiger partial charge >= 0.3 is 11.9 Å². The van der Waals surface area contributed by atoms with Crippen LogP contribution >= 0.6 is 0 Å². The molecule has 7 heteroatoms. The van der Waals surface area contributed by atoms with Crippen molar-refractivity contribution in [2.45, 2.75) is 110 Å². The van der Waals surface area contributed by atoms with Gasteiger partial charge in [-0.1, -0.05) is 52.7 Å². The zero-order chi connectivity index (χ0) is 23.4. The summed E-state index contributed by atoms with van der Waals surface area (Å²) in [5, 5.41) is 10.2. The number of aliphatic hydroxyl groups is 1. The lowest BCUT2D eigenvalue weighted by atomic mass is 9.63. The van der Waals surface area contributed by atoms with Crippen LogP contribution in [0, 0.1) is 17.3 Å². The van der Waals surface area contributed by atoms with E-state index in [4.69, 9.17) is 4.43 Å². The summed E-state index contributed by atoms with van der Waals surface area (Å²) in [5.74, 6) is -5.42. The van der Waals surface area contributed by atoms with E-state index in [1.165, 1.54) is 6.92 Å². The number of carbonyl (C=O) groups is 1. The summed E-state index contributed by atoms with van der Waals surface area (Å²) in [7, 11) is -1.73. The van der Waals surface area contributed by atoms with Crippen molar-refractivity contribution in [1.82, 2.24) is 0 Å². The van der Waals surface area contributed by atoms with Crippen molar-refractivity contribution < 1.29 is 27.8 Å². The van der Waals surface area contributed by atoms with Gasteiger partial charge in [-0.25, -0.2) is 4.79 Å². The van der Waals surface area contributed by atoms with Crippen molar-refractivity contribution in [2.24, 2.45) is 17.3 Å². The molecule has 0 aromatic heterocycles. The van der Waals surface area contributed by atoms with Crippen molar-refractivity contribution in [2.75, 3.05) is 6.61 Å². The smallest absolute Gasteiger partial charge is 0.379 e. The Hall–Kier alpha value is -0.793. The summed E-state index contributed by atoms with van der Waals surface area (Å²) < 4.78 is 39.9. The van der Waals surface area contributed by atoms with Gasteiger partial charge in [-0.05, 0) is 68.0 Å². The maximum Gasteiger partial charge on any atom is 0.379 e. The van der Waals surface area contributed by atoms with Crippen LogP contribution in [0.4, 0.5) is 8.78 Å². The lowest BCUT2D eigenvalue weighted by Crippen LogP contribution is -2.48. The number of hydrogen-bond acceptors (Lipinski definition) is 4. The fraction of sp³-hybridized carbons (Fsp3) is 0.875. The van der Waals surface area contributed by atoms with Crippen LogP contribution in [0.3, 0.4) is 0 Å². The van der Waals surface area contributed by atoms with Crippen LogP contribution in [0.5, 0.6) is 0 Å². The highest BCUT2D eigenvalue weighted by Gasteiger charge is 2.53. The molecular formula is C24H42F2O4Si. The molecule has 2 rings (SSSR count). The molecule has 0 aromatic carbocycles. The molecule has 0 heterocycles. The van der Waals surface area contributed by atoms with E-state index in [1.54, 1.807) is 0 Å². The minimum Gasteiger partial charge on any atom is -0.461 e. The molecule has 180 valence electrons. The van der Waals surface area contributed by atoms with Crippen LogP contribution in [0.15, 0.2) is 11.6 Å². The van der Waals surface area contributed by atoms with Crippen LogP contribution in [0.25, 0.3) is 0 Å². The van der Waals surface area contributed by atoms with E-state index in [9.17, 15) is 18.7 Å². The molecule has 2 aliphatic carbocycles. The Labute approximate surface area is 187 Å². The Balaban J connectivity index is 2.13. The second-order valence-corrected chi connectivity index (χ2v) is 14.4. The minimum atomic E-state index is -3.89. The highest BCUT2D eigenvalue weighted by Crippen LogP contribution is 2.56. The van der Waals surface area contributed by atoms with E-state index < -0.39 is 26.3 Å². The van der Waals surface area contributed by atoms with Crippen LogP contribution in [0.1, 0.15) is 73.6 Å². The van der Waals surface area contributed by atoms with Crippen LogP contribution in [0.2, 0.25) is 18.1 Å². The first-order valence-electron chi connectivity index (χ1n) is 12.1. The molecule has 1 unspecified atom stereocenters. The molecule has 0 saturated heterocycles. The third-order valence-corrected chi connectivity index (χ3v) is 12.8. The number of esters is 1. The SMILES string of the molecule is CCOC(=O)C(F)(F)C(O)C[C@@H](C)C1=CC[C@H]2[C@@H](O[Si](CC)(CC)CC)CCC[C@]12C. The fourth-order valence-electron chi connectivity index (χ4n) is 5.92. The Morgan fingerprint density at radius 3 is 2.45 bits per heavy atom. The lowest BCUT2D eigenvalue weighted by Gasteiger charge is -2.48. The van der Waals surface area contributed by atoms with Gasteiger partial charge in [0.2, 0.25) is 0 Å². The van der Waals surface area contributed by atoms with E-state index in [1.807, 2.05) is 6.92 Å². The maximum atomic E-state index is 14.3. The van der Waals surface area contributed by atoms with E-state index in [-0.39, 0.29) is 30.5 Å². The standard InChI is InChI=1S/C24H42F2O4Si/c1-7-29-22(28)24(25,26)21(27)16-17(5)18-13-14-19-20(12-11-15-23(18,19)6)30-31(8-2,9-3)10-4/h13,17,19-21,27H,7-12,14-16H2,1-6H3/t17-,19+,20+,21?,23-/m1/s1. The van der Waals surface area contributed by atoms with E-state index in [0.29, 0.717) is 5.92 Å². The summed E-state index contributed by atoms with van der Waals surface area (Å²) in [5.41, 5.74) is 1.04. The van der Waals surface area contributed by atoms with Crippen molar-refractivity contribution >= 4 is 14.3 Å². The molecule has 4 nitrogen and oxygen atoms in total. The second-order valence-electron chi connectivity index (χ2n) is 9.71. The summed E-state index contributed by atoms with van der Waals surface area (Å²) in [6.07, 6.45) is 4.23. The van der Waals surface area contributed by atoms with Gasteiger partial charge in [0.05, 0.1) is 6.61 Å². The minimum absolute atomic E-state index is 0.101. The summed E-state index contributed by atoms with van der Waals surface area (Å²) in [6.45, 7) is 12.2. The molecule has 1 fully saturated rings. The van der Waals surface area contributed by atoms with Crippen molar-refractivity contribution in [3.8, 4) is 0 Å². The number of aliphatic hydroxyl groups excluding tert-OH is 1. The van der Waals surface area contributed by atoms with Gasteiger partial charge in [-0.3, -0.25) is 0 Å². The Morgan fingerprint density at radius 1 is 1.29 bits per heavy atom. The zero-order valence-corrected chi connectivity index (χ0v) is 21.2. The normalized spacial score (nSPS) is 28.6. The summed E-state index contributed by atoms with van der Waals surface area (Å²) in [6, 6.07) is 3.35. The van der Waals surface area contributed by atoms with Gasteiger partial charge < -0.3 is 14.3 Å². The van der Waals surface area contributed by atoms with Crippen LogP contribution in [-0.4, -0.2) is 44.1 Å². The number of hydrogen-bond donors (Lipinski definition) is 1. The number of carbonyl (C=O) groups excluding carboxylic acids is 1. The molecule has 1 saturated carbocycles. The van der Waals surface area contributed by atoms with Crippen molar-refractivity contribution in [3.63, 3.8) is 0 Å². The van der Waals surface area contributed by atoms with Crippen molar-refractivity contribution in [3.05, 3.63) is 11.6 Å². The second kappa shape index (κ2) is 10.4. The molecule has 0 aliphatic heterocycles. The number of rotatable bonds is 11. The van der Waals surface area contributed by atoms with Gasteiger partial charge in [0.1, 0.15) is 6.10 Å². The number of alkyl halides is 2. The number of ether oxygens (including phenoxy) is 1. The average molecular weight is 461 g/mol. The molecule has 0 aromatic rings. The Bertz CT molecular complexity index is 641. The van der Waals surface area contributed by atoms with Gasteiger partial charge in [0, 0.05) is 6.10 Å². The quantitative estimate of drug-likeness (QED) is 0.230. The molecule has 1 N–H and O–H groups in total. The van der Waals surface area contributed by atoms with Crippen LogP contribution < -0.4 is 0 Å². The van der Waals surface area contributed by atoms with E-state index >= 15 is 0 Å². The lowest BCUT2D eigenvalue weighted by molar-refractivity contribution is -0.189. The van der Waals surface area contributed by atoms with Crippen molar-refractivity contribution in [1.29, 1.82) is 0 Å². The average Bonchev–Trinajstić information content (AvgIpc) is 3.10. The van der Waals surface area contributed by atoms with Gasteiger partial charge in [0.25, 0.3) is 0 Å². The fourth-order valence-corrected chi connectivity index (χ4v) is 8.85. The molecule has 5 atom stereocenters. The predicted octanol–water partition coefficient (Wildman–Crippen LogP) is 6.10. The first-order chi connectivity index (χ1) is 14.5. The largest absolute Gasteiger partial charge is 0.461 e. The maximum absolute atomic E-state index is 14.3. The third kappa shape index (κ3) is 5.24. The predicted molar refractivity (Wildman–Crippen MR) is 122 cm³/mol. The van der Waals surface area contributed by atoms with Crippen LogP contribution in [-0.2, 0) is 14.0 Å². The molecule has 2 aliphatic rings. The monoisotopic (exact) mass is 460 g/mol. The number of fused-ring (bicyclic) bond motifs is 1. The molecule has 0 amide bonds. The van der Waals surface area contributed by atoms with Gasteiger partial charge in [-0.15, -0.1) is 0 Å². The summed E-state index contributed by atoms with van der Waals surface area (Å²) in [4.78, 5) is 11.6. The number of halogens is 2. The van der Waals surface area contributed by atoms with Gasteiger partial charge in [-0.2, -0.15) is 8.78 Å². The van der Waals surface area contributed by atoms with E-state index in [0.717, 1.165) is 49.4 Å². The first kappa shape index (κ1) is 26.5. The highest BCUT2D eigenvalue weighted by molar-refractivity contribution is 6.73. The van der Waals surface area contributed by atoms with Gasteiger partial charge in [0.15, 0.2) is 8.32 Å². The molecule has 0 radical (unpaired) electrons. The molecule has 31 heavy (non-hydrogen) atoms. The first-order valence-corrected chi connectivity index (χ1v) is 14.7. The number of allylic oxidation sites excluding steroid dienone is 2. The Morgan fingerprint density at radius 2 is 1.90 bits per heavy atom. The highest BCUT2D eigenvalue weighted by atomic mass is 28.4. The van der Waals surface area contributed by atoms with E-state index in [2.05, 4.69) is 38.5 Å². The Kier molecular flexibility index (Phi) is 8.90. The summed E-state index contributed by atoms with van der Waals surface area (Å²) >= 11 is 0.